The molecule has 8 heteroatoms. The number of phenols is 2. The second kappa shape index (κ2) is 6.00. The van der Waals surface area contributed by atoms with Gasteiger partial charge in [-0.2, -0.15) is 0 Å². The normalized spacial score (nSPS) is 10.0. The van der Waals surface area contributed by atoms with Gasteiger partial charge >= 0.3 is 5.69 Å². The van der Waals surface area contributed by atoms with Gasteiger partial charge in [-0.3, -0.25) is 14.9 Å². The third kappa shape index (κ3) is 2.90. The Bertz CT molecular complexity index is 744. The molecule has 0 bridgehead atoms. The van der Waals surface area contributed by atoms with Gasteiger partial charge in [0.25, 0.3) is 5.91 Å². The molecule has 2 aromatic rings. The van der Waals surface area contributed by atoms with E-state index in [1.54, 1.807) is 0 Å². The molecule has 0 saturated carbocycles. The SMILES string of the molecule is COc1cccc(C(=O)Nc2ccc(O)c([N+](=O)[O-])c2)c1O. The minimum absolute atomic E-state index is 0.0462. The van der Waals surface area contributed by atoms with Gasteiger partial charge in [-0.25, -0.2) is 0 Å². The molecule has 0 aliphatic heterocycles. The number of phenolic OH excluding ortho intramolecular Hbond substituents is 2. The van der Waals surface area contributed by atoms with Gasteiger partial charge in [0, 0.05) is 11.8 Å². The topological polar surface area (TPSA) is 122 Å². The van der Waals surface area contributed by atoms with Crippen molar-refractivity contribution in [2.45, 2.75) is 0 Å². The van der Waals surface area contributed by atoms with Crippen molar-refractivity contribution in [3.63, 3.8) is 0 Å². The zero-order valence-corrected chi connectivity index (χ0v) is 11.4. The van der Waals surface area contributed by atoms with E-state index in [2.05, 4.69) is 5.32 Å². The van der Waals surface area contributed by atoms with Gasteiger partial charge in [0.15, 0.2) is 17.2 Å². The molecule has 1 amide bonds. The summed E-state index contributed by atoms with van der Waals surface area (Å²) in [5.41, 5.74) is -0.473. The third-order valence-corrected chi connectivity index (χ3v) is 2.89. The van der Waals surface area contributed by atoms with E-state index in [1.807, 2.05) is 0 Å². The van der Waals surface area contributed by atoms with Gasteiger partial charge in [-0.1, -0.05) is 6.07 Å². The summed E-state index contributed by atoms with van der Waals surface area (Å²) in [5.74, 6) is -1.39. The molecular formula is C14H12N2O6. The van der Waals surface area contributed by atoms with Crippen LogP contribution in [0.4, 0.5) is 11.4 Å². The number of methoxy groups -OCH3 is 1. The Morgan fingerprint density at radius 2 is 2.00 bits per heavy atom. The third-order valence-electron chi connectivity index (χ3n) is 2.89. The summed E-state index contributed by atoms with van der Waals surface area (Å²) >= 11 is 0. The minimum atomic E-state index is -0.770. The lowest BCUT2D eigenvalue weighted by molar-refractivity contribution is -0.385. The number of carbonyl (C=O) groups is 1. The molecule has 114 valence electrons. The number of aromatic hydroxyl groups is 2. The van der Waals surface area contributed by atoms with Crippen LogP contribution in [0.1, 0.15) is 10.4 Å². The number of amides is 1. The zero-order valence-electron chi connectivity index (χ0n) is 11.4. The second-order valence-electron chi connectivity index (χ2n) is 4.27. The molecule has 0 radical (unpaired) electrons. The number of ether oxygens (including phenoxy) is 1. The van der Waals surface area contributed by atoms with Crippen molar-refractivity contribution in [3.05, 3.63) is 52.1 Å². The Balaban J connectivity index is 2.30. The van der Waals surface area contributed by atoms with Crippen LogP contribution in [0, 0.1) is 10.1 Å². The van der Waals surface area contributed by atoms with Gasteiger partial charge in [-0.05, 0) is 24.3 Å². The molecule has 0 heterocycles. The lowest BCUT2D eigenvalue weighted by atomic mass is 10.1. The van der Waals surface area contributed by atoms with Crippen LogP contribution in [0.5, 0.6) is 17.2 Å². The summed E-state index contributed by atoms with van der Waals surface area (Å²) in [6.45, 7) is 0. The van der Waals surface area contributed by atoms with Crippen molar-refractivity contribution in [1.82, 2.24) is 0 Å². The van der Waals surface area contributed by atoms with E-state index in [0.717, 1.165) is 12.1 Å². The molecule has 3 N–H and O–H groups in total. The maximum absolute atomic E-state index is 12.1. The number of benzene rings is 2. The number of nitro groups is 1. The number of hydrogen-bond acceptors (Lipinski definition) is 6. The predicted octanol–water partition coefficient (Wildman–Crippen LogP) is 2.27. The van der Waals surface area contributed by atoms with Gasteiger partial charge in [0.2, 0.25) is 0 Å². The molecule has 0 aliphatic carbocycles. The molecular weight excluding hydrogens is 292 g/mol. The van der Waals surface area contributed by atoms with Crippen molar-refractivity contribution in [2.75, 3.05) is 12.4 Å². The number of rotatable bonds is 4. The number of nitrogens with zero attached hydrogens (tertiary/aromatic N) is 1. The average Bonchev–Trinajstić information content (AvgIpc) is 2.49. The molecule has 0 fully saturated rings. The van der Waals surface area contributed by atoms with Crippen molar-refractivity contribution in [2.24, 2.45) is 0 Å². The fraction of sp³-hybridized carbons (Fsp3) is 0.0714. The van der Waals surface area contributed by atoms with E-state index < -0.39 is 22.3 Å². The van der Waals surface area contributed by atoms with E-state index in [1.165, 1.54) is 31.4 Å². The lowest BCUT2D eigenvalue weighted by Gasteiger charge is -2.09. The van der Waals surface area contributed by atoms with Crippen molar-refractivity contribution in [3.8, 4) is 17.2 Å². The summed E-state index contributed by atoms with van der Waals surface area (Å²) in [4.78, 5) is 22.1. The maximum Gasteiger partial charge on any atom is 0.312 e. The van der Waals surface area contributed by atoms with E-state index in [-0.39, 0.29) is 22.7 Å². The van der Waals surface area contributed by atoms with Crippen LogP contribution in [0.3, 0.4) is 0 Å². The summed E-state index contributed by atoms with van der Waals surface area (Å²) < 4.78 is 4.90. The Kier molecular flexibility index (Phi) is 4.12. The minimum Gasteiger partial charge on any atom is -0.504 e. The first-order valence-electron chi connectivity index (χ1n) is 6.08. The standard InChI is InChI=1S/C14H12N2O6/c1-22-12-4-2-3-9(13(12)18)14(19)15-8-5-6-11(17)10(7-8)16(20)21/h2-7,17-18H,1H3,(H,15,19). The van der Waals surface area contributed by atoms with Crippen LogP contribution >= 0.6 is 0 Å². The molecule has 0 aliphatic rings. The number of nitro benzene ring substituents is 1. The summed E-state index contributed by atoms with van der Waals surface area (Å²) in [5, 5.41) is 32.4. The lowest BCUT2D eigenvalue weighted by Crippen LogP contribution is -2.12. The monoisotopic (exact) mass is 304 g/mol. The number of para-hydroxylation sites is 1. The Morgan fingerprint density at radius 1 is 1.27 bits per heavy atom. The average molecular weight is 304 g/mol. The maximum atomic E-state index is 12.1. The summed E-state index contributed by atoms with van der Waals surface area (Å²) in [6, 6.07) is 7.80. The quantitative estimate of drug-likeness (QED) is 0.452. The zero-order chi connectivity index (χ0) is 16.3. The van der Waals surface area contributed by atoms with E-state index in [0.29, 0.717) is 0 Å². The first kappa shape index (κ1) is 15.1. The van der Waals surface area contributed by atoms with Crippen LogP contribution < -0.4 is 10.1 Å². The Hall–Kier alpha value is -3.29. The fourth-order valence-corrected chi connectivity index (χ4v) is 1.82. The van der Waals surface area contributed by atoms with Crippen LogP contribution in [0.2, 0.25) is 0 Å². The highest BCUT2D eigenvalue weighted by Crippen LogP contribution is 2.31. The Labute approximate surface area is 124 Å². The van der Waals surface area contributed by atoms with Crippen LogP contribution in [0.15, 0.2) is 36.4 Å². The molecule has 0 unspecified atom stereocenters. The van der Waals surface area contributed by atoms with E-state index >= 15 is 0 Å². The van der Waals surface area contributed by atoms with Crippen molar-refractivity contribution >= 4 is 17.3 Å². The number of anilines is 1. The summed E-state index contributed by atoms with van der Waals surface area (Å²) in [6.07, 6.45) is 0. The highest BCUT2D eigenvalue weighted by Gasteiger charge is 2.18. The number of carbonyl (C=O) groups excluding carboxylic acids is 1. The van der Waals surface area contributed by atoms with E-state index in [4.69, 9.17) is 4.74 Å². The number of nitrogens with one attached hydrogen (secondary N) is 1. The molecule has 2 aromatic carbocycles. The Morgan fingerprint density at radius 3 is 2.64 bits per heavy atom. The molecule has 0 atom stereocenters. The molecule has 0 aromatic heterocycles. The van der Waals surface area contributed by atoms with Crippen LogP contribution in [-0.2, 0) is 0 Å². The van der Waals surface area contributed by atoms with Crippen molar-refractivity contribution < 1.29 is 24.7 Å². The summed E-state index contributed by atoms with van der Waals surface area (Å²) in [7, 11) is 1.35. The predicted molar refractivity (Wildman–Crippen MR) is 77.4 cm³/mol. The molecule has 22 heavy (non-hydrogen) atoms. The fourth-order valence-electron chi connectivity index (χ4n) is 1.82. The van der Waals surface area contributed by atoms with E-state index in [9.17, 15) is 25.1 Å². The first-order valence-corrected chi connectivity index (χ1v) is 6.08. The van der Waals surface area contributed by atoms with Gasteiger partial charge in [0.1, 0.15) is 0 Å². The molecule has 8 nitrogen and oxygen atoms in total. The van der Waals surface area contributed by atoms with Crippen molar-refractivity contribution in [1.29, 1.82) is 0 Å². The van der Waals surface area contributed by atoms with Gasteiger partial charge in [-0.15, -0.1) is 0 Å². The molecule has 0 spiro atoms. The van der Waals surface area contributed by atoms with Crippen LogP contribution in [-0.4, -0.2) is 28.2 Å². The molecule has 2 rings (SSSR count). The van der Waals surface area contributed by atoms with Gasteiger partial charge < -0.3 is 20.3 Å². The largest absolute Gasteiger partial charge is 0.504 e. The number of hydrogen-bond donors (Lipinski definition) is 3. The first-order chi connectivity index (χ1) is 10.4. The van der Waals surface area contributed by atoms with Crippen LogP contribution in [0.25, 0.3) is 0 Å². The molecule has 0 saturated heterocycles. The van der Waals surface area contributed by atoms with Gasteiger partial charge in [0.05, 0.1) is 17.6 Å². The smallest absolute Gasteiger partial charge is 0.312 e. The second-order valence-corrected chi connectivity index (χ2v) is 4.27. The highest BCUT2D eigenvalue weighted by atomic mass is 16.6. The highest BCUT2D eigenvalue weighted by molar-refractivity contribution is 6.06.